The Balaban J connectivity index is 3.47. The molecule has 0 saturated carbocycles. The average molecular weight is 245 g/mol. The van der Waals surface area contributed by atoms with Crippen LogP contribution in [0.5, 0.6) is 0 Å². The smallest absolute Gasteiger partial charge is 0.236 e. The van der Waals surface area contributed by atoms with E-state index in [0.717, 1.165) is 12.8 Å². The normalized spacial score (nSPS) is 12.1. The molecule has 0 fully saturated rings. The molecule has 0 aromatic heterocycles. The summed E-state index contributed by atoms with van der Waals surface area (Å²) in [5, 5.41) is 2.73. The third-order valence-corrected chi connectivity index (χ3v) is 2.35. The van der Waals surface area contributed by atoms with Crippen molar-refractivity contribution >= 4 is 11.8 Å². The van der Waals surface area contributed by atoms with Gasteiger partial charge in [-0.25, -0.2) is 0 Å². The van der Waals surface area contributed by atoms with Crippen molar-refractivity contribution in [3.05, 3.63) is 0 Å². The highest BCUT2D eigenvalue weighted by molar-refractivity contribution is 5.81. The Kier molecular flexibility index (Phi) is 9.37. The first kappa shape index (κ1) is 15.9. The summed E-state index contributed by atoms with van der Waals surface area (Å²) in [6.07, 6.45) is 3.16. The Labute approximate surface area is 102 Å². The minimum absolute atomic E-state index is 0.153. The molecule has 0 heterocycles. The molecule has 1 unspecified atom stereocenters. The maximum atomic E-state index is 11.5. The summed E-state index contributed by atoms with van der Waals surface area (Å²) >= 11 is 0. The molecule has 0 radical (unpaired) electrons. The second-order valence-electron chi connectivity index (χ2n) is 3.96. The van der Waals surface area contributed by atoms with Gasteiger partial charge in [0.15, 0.2) is 0 Å². The van der Waals surface area contributed by atoms with Gasteiger partial charge in [0, 0.05) is 26.7 Å². The minimum Gasteiger partial charge on any atom is -0.385 e. The fourth-order valence-electron chi connectivity index (χ4n) is 1.35. The first-order valence-corrected chi connectivity index (χ1v) is 5.88. The molecule has 0 bridgehead atoms. The van der Waals surface area contributed by atoms with Crippen LogP contribution >= 0.6 is 0 Å². The molecule has 0 aliphatic carbocycles. The second-order valence-corrected chi connectivity index (χ2v) is 3.96. The third kappa shape index (κ3) is 9.77. The fraction of sp³-hybridized carbons (Fsp3) is 0.818. The number of nitrogens with two attached hydrogens (primary N) is 2. The summed E-state index contributed by atoms with van der Waals surface area (Å²) in [4.78, 5) is 21.9. The zero-order chi connectivity index (χ0) is 13.1. The third-order valence-electron chi connectivity index (χ3n) is 2.35. The predicted molar refractivity (Wildman–Crippen MR) is 65.1 cm³/mol. The quantitative estimate of drug-likeness (QED) is 0.451. The Morgan fingerprint density at radius 2 is 2.00 bits per heavy atom. The van der Waals surface area contributed by atoms with Gasteiger partial charge in [0.1, 0.15) is 0 Å². The van der Waals surface area contributed by atoms with Crippen LogP contribution in [0.4, 0.5) is 0 Å². The van der Waals surface area contributed by atoms with E-state index >= 15 is 0 Å². The molecule has 0 aromatic rings. The molecule has 100 valence electrons. The van der Waals surface area contributed by atoms with E-state index in [9.17, 15) is 9.59 Å². The van der Waals surface area contributed by atoms with Gasteiger partial charge in [0.25, 0.3) is 0 Å². The predicted octanol–water partition coefficient (Wildman–Crippen LogP) is -0.488. The number of carbonyl (C=O) groups excluding carboxylic acids is 2. The maximum absolute atomic E-state index is 11.5. The van der Waals surface area contributed by atoms with Gasteiger partial charge >= 0.3 is 0 Å². The van der Waals surface area contributed by atoms with Crippen LogP contribution in [0.1, 0.15) is 32.1 Å². The minimum atomic E-state index is -0.485. The summed E-state index contributed by atoms with van der Waals surface area (Å²) in [6, 6.07) is -0.485. The van der Waals surface area contributed by atoms with Gasteiger partial charge in [0.2, 0.25) is 11.8 Å². The zero-order valence-electron chi connectivity index (χ0n) is 10.4. The highest BCUT2D eigenvalue weighted by atomic mass is 16.5. The summed E-state index contributed by atoms with van der Waals surface area (Å²) in [5.74, 6) is -0.465. The number of rotatable bonds is 10. The standard InChI is InChI=1S/C11H23N3O3/c1-17-8-4-5-9(12)11(16)14-7-3-2-6-10(13)15/h9H,2-8,12H2,1H3,(H2,13,15)(H,14,16). The van der Waals surface area contributed by atoms with Gasteiger partial charge in [-0.05, 0) is 25.7 Å². The fourth-order valence-corrected chi connectivity index (χ4v) is 1.35. The number of methoxy groups -OCH3 is 1. The summed E-state index contributed by atoms with van der Waals surface area (Å²) in [6.45, 7) is 1.14. The Bertz CT molecular complexity index is 234. The van der Waals surface area contributed by atoms with Crippen LogP contribution in [0.25, 0.3) is 0 Å². The lowest BCUT2D eigenvalue weighted by molar-refractivity contribution is -0.122. The number of hydrogen-bond acceptors (Lipinski definition) is 4. The molecule has 0 saturated heterocycles. The molecule has 1 atom stereocenters. The van der Waals surface area contributed by atoms with Gasteiger partial charge in [-0.1, -0.05) is 0 Å². The summed E-state index contributed by atoms with van der Waals surface area (Å²) < 4.78 is 4.88. The number of hydrogen-bond donors (Lipinski definition) is 3. The van der Waals surface area contributed by atoms with Crippen molar-refractivity contribution in [2.45, 2.75) is 38.1 Å². The van der Waals surface area contributed by atoms with Crippen LogP contribution in [0, 0.1) is 0 Å². The van der Waals surface area contributed by atoms with Crippen molar-refractivity contribution in [2.24, 2.45) is 11.5 Å². The first-order chi connectivity index (χ1) is 8.07. The molecule has 0 aliphatic rings. The number of unbranched alkanes of at least 4 members (excludes halogenated alkanes) is 1. The van der Waals surface area contributed by atoms with Crippen molar-refractivity contribution in [2.75, 3.05) is 20.3 Å². The van der Waals surface area contributed by atoms with E-state index in [0.29, 0.717) is 32.4 Å². The van der Waals surface area contributed by atoms with Crippen molar-refractivity contribution in [3.8, 4) is 0 Å². The summed E-state index contributed by atoms with van der Waals surface area (Å²) in [7, 11) is 1.62. The lowest BCUT2D eigenvalue weighted by Gasteiger charge is -2.11. The van der Waals surface area contributed by atoms with E-state index in [4.69, 9.17) is 16.2 Å². The van der Waals surface area contributed by atoms with E-state index in [2.05, 4.69) is 5.32 Å². The maximum Gasteiger partial charge on any atom is 0.236 e. The molecule has 2 amide bonds. The van der Waals surface area contributed by atoms with Crippen LogP contribution < -0.4 is 16.8 Å². The number of primary amides is 1. The highest BCUT2D eigenvalue weighted by Gasteiger charge is 2.11. The molecule has 0 aromatic carbocycles. The number of nitrogens with one attached hydrogen (secondary N) is 1. The molecule has 6 nitrogen and oxygen atoms in total. The summed E-state index contributed by atoms with van der Waals surface area (Å²) in [5.41, 5.74) is 10.7. The second kappa shape index (κ2) is 10.0. The first-order valence-electron chi connectivity index (χ1n) is 5.88. The topological polar surface area (TPSA) is 107 Å². The van der Waals surface area contributed by atoms with Crippen LogP contribution in [0.2, 0.25) is 0 Å². The monoisotopic (exact) mass is 245 g/mol. The SMILES string of the molecule is COCCCC(N)C(=O)NCCCCC(N)=O. The van der Waals surface area contributed by atoms with Crippen molar-refractivity contribution in [1.82, 2.24) is 5.32 Å². The Morgan fingerprint density at radius 3 is 2.59 bits per heavy atom. The van der Waals surface area contributed by atoms with Crippen LogP contribution in [0.15, 0.2) is 0 Å². The van der Waals surface area contributed by atoms with Crippen molar-refractivity contribution in [1.29, 1.82) is 0 Å². The number of ether oxygens (including phenoxy) is 1. The van der Waals surface area contributed by atoms with Crippen LogP contribution in [-0.4, -0.2) is 38.1 Å². The van der Waals surface area contributed by atoms with Gasteiger partial charge < -0.3 is 21.5 Å². The van der Waals surface area contributed by atoms with Gasteiger partial charge in [-0.2, -0.15) is 0 Å². The zero-order valence-corrected chi connectivity index (χ0v) is 10.4. The molecule has 5 N–H and O–H groups in total. The van der Waals surface area contributed by atoms with E-state index < -0.39 is 6.04 Å². The van der Waals surface area contributed by atoms with Crippen molar-refractivity contribution < 1.29 is 14.3 Å². The largest absolute Gasteiger partial charge is 0.385 e. The molecule has 0 spiro atoms. The van der Waals surface area contributed by atoms with Crippen LogP contribution in [0.3, 0.4) is 0 Å². The van der Waals surface area contributed by atoms with Gasteiger partial charge in [-0.3, -0.25) is 9.59 Å². The molecular weight excluding hydrogens is 222 g/mol. The molecule has 6 heteroatoms. The lowest BCUT2D eigenvalue weighted by atomic mass is 10.1. The van der Waals surface area contributed by atoms with E-state index in [-0.39, 0.29) is 11.8 Å². The Morgan fingerprint density at radius 1 is 1.29 bits per heavy atom. The van der Waals surface area contributed by atoms with E-state index in [1.807, 2.05) is 0 Å². The molecule has 17 heavy (non-hydrogen) atoms. The lowest BCUT2D eigenvalue weighted by Crippen LogP contribution is -2.41. The number of amides is 2. The molecule has 0 aliphatic heterocycles. The van der Waals surface area contributed by atoms with Gasteiger partial charge in [-0.15, -0.1) is 0 Å². The van der Waals surface area contributed by atoms with E-state index in [1.165, 1.54) is 0 Å². The van der Waals surface area contributed by atoms with Crippen LogP contribution in [-0.2, 0) is 14.3 Å². The molecule has 0 rings (SSSR count). The highest BCUT2D eigenvalue weighted by Crippen LogP contribution is 1.96. The average Bonchev–Trinajstić information content (AvgIpc) is 2.28. The molecular formula is C11H23N3O3. The van der Waals surface area contributed by atoms with Crippen molar-refractivity contribution in [3.63, 3.8) is 0 Å². The Hall–Kier alpha value is -1.14. The van der Waals surface area contributed by atoms with E-state index in [1.54, 1.807) is 7.11 Å². The van der Waals surface area contributed by atoms with Gasteiger partial charge in [0.05, 0.1) is 6.04 Å². The number of carbonyl (C=O) groups is 2.